The van der Waals surface area contributed by atoms with Crippen LogP contribution in [0.4, 0.5) is 17.6 Å². The van der Waals surface area contributed by atoms with E-state index in [1.807, 2.05) is 0 Å². The summed E-state index contributed by atoms with van der Waals surface area (Å²) in [6.45, 7) is 2.76. The first-order valence-corrected chi connectivity index (χ1v) is 9.35. The van der Waals surface area contributed by atoms with Gasteiger partial charge in [-0.25, -0.2) is 9.18 Å². The van der Waals surface area contributed by atoms with Gasteiger partial charge in [0.25, 0.3) is 0 Å². The van der Waals surface area contributed by atoms with Gasteiger partial charge < -0.3 is 20.3 Å². The van der Waals surface area contributed by atoms with Crippen molar-refractivity contribution in [2.24, 2.45) is 0 Å². The van der Waals surface area contributed by atoms with E-state index >= 15 is 0 Å². The highest BCUT2D eigenvalue weighted by Crippen LogP contribution is 2.45. The molecule has 0 radical (unpaired) electrons. The number of aliphatic hydroxyl groups is 1. The largest absolute Gasteiger partial charge is 0.505 e. The molecule has 5 nitrogen and oxygen atoms in total. The number of phenolic OH excluding ortho intramolecular Hbond substituents is 1. The Kier molecular flexibility index (Phi) is 5.52. The maximum Gasteiger partial charge on any atom is 0.417 e. The molecule has 1 atom stereocenters. The van der Waals surface area contributed by atoms with E-state index in [0.29, 0.717) is 10.9 Å². The van der Waals surface area contributed by atoms with E-state index < -0.39 is 47.6 Å². The molecule has 0 aliphatic carbocycles. The van der Waals surface area contributed by atoms with E-state index in [1.54, 1.807) is 0 Å². The third kappa shape index (κ3) is 4.36. The van der Waals surface area contributed by atoms with Crippen molar-refractivity contribution in [1.82, 2.24) is 4.98 Å². The van der Waals surface area contributed by atoms with Gasteiger partial charge in [-0.3, -0.25) is 0 Å². The fraction of sp³-hybridized carbons (Fsp3) is 0.318. The number of carboxylic acids is 1. The zero-order valence-electron chi connectivity index (χ0n) is 16.7. The summed E-state index contributed by atoms with van der Waals surface area (Å²) >= 11 is 0. The lowest BCUT2D eigenvalue weighted by molar-refractivity contribution is -0.266. The maximum absolute atomic E-state index is 14.0. The van der Waals surface area contributed by atoms with E-state index in [9.17, 15) is 32.6 Å². The Morgan fingerprint density at radius 3 is 2.39 bits per heavy atom. The minimum absolute atomic E-state index is 0.0327. The van der Waals surface area contributed by atoms with Crippen LogP contribution in [0.5, 0.6) is 5.75 Å². The van der Waals surface area contributed by atoms with E-state index in [-0.39, 0.29) is 16.8 Å². The van der Waals surface area contributed by atoms with Gasteiger partial charge in [-0.15, -0.1) is 0 Å². The van der Waals surface area contributed by atoms with Crippen LogP contribution in [0.15, 0.2) is 42.5 Å². The number of aromatic carboxylic acids is 1. The quantitative estimate of drug-likeness (QED) is 0.411. The Balaban J connectivity index is 1.98. The molecule has 0 saturated heterocycles. The Morgan fingerprint density at radius 1 is 1.10 bits per heavy atom. The third-order valence-corrected chi connectivity index (χ3v) is 5.39. The van der Waals surface area contributed by atoms with Gasteiger partial charge in [0.2, 0.25) is 0 Å². The number of nitrogens with one attached hydrogen (secondary N) is 1. The van der Waals surface area contributed by atoms with Crippen molar-refractivity contribution in [3.8, 4) is 5.75 Å². The van der Waals surface area contributed by atoms with Crippen LogP contribution >= 0.6 is 0 Å². The Hall–Kier alpha value is -3.07. The smallest absolute Gasteiger partial charge is 0.417 e. The average Bonchev–Trinajstić information content (AvgIpc) is 3.03. The molecule has 0 fully saturated rings. The molecule has 9 heteroatoms. The Morgan fingerprint density at radius 2 is 1.77 bits per heavy atom. The van der Waals surface area contributed by atoms with Crippen molar-refractivity contribution < 1.29 is 37.7 Å². The van der Waals surface area contributed by atoms with Crippen LogP contribution in [0.2, 0.25) is 0 Å². The van der Waals surface area contributed by atoms with Crippen molar-refractivity contribution in [3.05, 3.63) is 65.1 Å². The second-order valence-electron chi connectivity index (χ2n) is 8.30. The van der Waals surface area contributed by atoms with Crippen LogP contribution in [0, 0.1) is 5.82 Å². The molecule has 2 aromatic carbocycles. The van der Waals surface area contributed by atoms with Gasteiger partial charge in [-0.2, -0.15) is 13.2 Å². The molecule has 166 valence electrons. The molecule has 0 aliphatic heterocycles. The first-order chi connectivity index (χ1) is 14.2. The van der Waals surface area contributed by atoms with Gasteiger partial charge in [0.05, 0.1) is 5.56 Å². The summed E-state index contributed by atoms with van der Waals surface area (Å²) in [4.78, 5) is 13.8. The predicted molar refractivity (Wildman–Crippen MR) is 106 cm³/mol. The molecule has 0 aliphatic rings. The molecular weight excluding hydrogens is 418 g/mol. The summed E-state index contributed by atoms with van der Waals surface area (Å²) in [5, 5.41) is 30.3. The van der Waals surface area contributed by atoms with Crippen LogP contribution in [0.25, 0.3) is 10.9 Å². The summed E-state index contributed by atoms with van der Waals surface area (Å²) in [5.74, 6) is -2.91. The first kappa shape index (κ1) is 22.6. The molecule has 0 bridgehead atoms. The molecule has 0 unspecified atom stereocenters. The summed E-state index contributed by atoms with van der Waals surface area (Å²) < 4.78 is 55.6. The number of rotatable bonds is 6. The SMILES string of the molecule is CC(C)(C[C@](O)(Cc1cc2ccc(C(=O)O)cc2[nH]1)C(F)(F)F)c1cccc(F)c1O. The number of aromatic amines is 1. The summed E-state index contributed by atoms with van der Waals surface area (Å²) in [7, 11) is 0. The van der Waals surface area contributed by atoms with Crippen LogP contribution in [0.1, 0.15) is 41.9 Å². The third-order valence-electron chi connectivity index (χ3n) is 5.39. The van der Waals surface area contributed by atoms with E-state index in [4.69, 9.17) is 5.11 Å². The number of halogens is 4. The van der Waals surface area contributed by atoms with Crippen LogP contribution in [-0.4, -0.2) is 38.1 Å². The summed E-state index contributed by atoms with van der Waals surface area (Å²) in [5.41, 5.74) is -4.35. The van der Waals surface area contributed by atoms with Crippen molar-refractivity contribution in [3.63, 3.8) is 0 Å². The second kappa shape index (κ2) is 7.56. The number of H-pyrrole nitrogens is 1. The number of hydrogen-bond acceptors (Lipinski definition) is 3. The van der Waals surface area contributed by atoms with Gasteiger partial charge in [-0.1, -0.05) is 32.0 Å². The fourth-order valence-electron chi connectivity index (χ4n) is 3.88. The van der Waals surface area contributed by atoms with Crippen molar-refractivity contribution in [2.75, 3.05) is 0 Å². The number of aromatic hydroxyl groups is 1. The normalized spacial score (nSPS) is 14.5. The molecule has 3 rings (SSSR count). The van der Waals surface area contributed by atoms with Crippen LogP contribution in [0.3, 0.4) is 0 Å². The zero-order valence-corrected chi connectivity index (χ0v) is 16.7. The molecule has 3 aromatic rings. The van der Waals surface area contributed by atoms with Crippen molar-refractivity contribution in [1.29, 1.82) is 0 Å². The van der Waals surface area contributed by atoms with Gasteiger partial charge in [-0.05, 0) is 41.5 Å². The van der Waals surface area contributed by atoms with Gasteiger partial charge in [0, 0.05) is 23.2 Å². The number of carbonyl (C=O) groups is 1. The summed E-state index contributed by atoms with van der Waals surface area (Å²) in [6.07, 6.45) is -6.72. The van der Waals surface area contributed by atoms with Crippen LogP contribution < -0.4 is 0 Å². The number of fused-ring (bicyclic) bond motifs is 1. The molecular formula is C22H21F4NO4. The van der Waals surface area contributed by atoms with E-state index in [2.05, 4.69) is 4.98 Å². The van der Waals surface area contributed by atoms with Crippen LogP contribution in [-0.2, 0) is 11.8 Å². The first-order valence-electron chi connectivity index (χ1n) is 9.35. The molecule has 4 N–H and O–H groups in total. The number of hydrogen-bond donors (Lipinski definition) is 4. The lowest BCUT2D eigenvalue weighted by atomic mass is 9.73. The number of carboxylic acid groups (broad SMARTS) is 1. The molecule has 0 amide bonds. The highest BCUT2D eigenvalue weighted by atomic mass is 19.4. The van der Waals surface area contributed by atoms with Crippen molar-refractivity contribution >= 4 is 16.9 Å². The molecule has 31 heavy (non-hydrogen) atoms. The fourth-order valence-corrected chi connectivity index (χ4v) is 3.88. The number of alkyl halides is 3. The Bertz CT molecular complexity index is 1140. The minimum atomic E-state index is -5.03. The number of benzene rings is 2. The second-order valence-corrected chi connectivity index (χ2v) is 8.30. The number of aromatic nitrogens is 1. The average molecular weight is 439 g/mol. The van der Waals surface area contributed by atoms with E-state index in [0.717, 1.165) is 6.07 Å². The number of phenols is 1. The van der Waals surface area contributed by atoms with Crippen molar-refractivity contribution in [2.45, 2.75) is 43.9 Å². The Labute approximate surface area is 175 Å². The topological polar surface area (TPSA) is 93.5 Å². The number of para-hydroxylation sites is 1. The monoisotopic (exact) mass is 439 g/mol. The van der Waals surface area contributed by atoms with E-state index in [1.165, 1.54) is 50.2 Å². The predicted octanol–water partition coefficient (Wildman–Crippen LogP) is 4.91. The lowest BCUT2D eigenvalue weighted by Gasteiger charge is -2.38. The minimum Gasteiger partial charge on any atom is -0.505 e. The highest BCUT2D eigenvalue weighted by molar-refractivity contribution is 5.93. The molecule has 0 saturated carbocycles. The zero-order chi connectivity index (χ0) is 23.2. The van der Waals surface area contributed by atoms with Gasteiger partial charge in [0.1, 0.15) is 0 Å². The van der Waals surface area contributed by atoms with Gasteiger partial charge in [0.15, 0.2) is 17.2 Å². The molecule has 1 heterocycles. The highest BCUT2D eigenvalue weighted by Gasteiger charge is 2.56. The maximum atomic E-state index is 14.0. The molecule has 1 aromatic heterocycles. The standard InChI is InChI=1S/C22H21F4NO4/c1-20(2,15-4-3-5-16(23)18(15)28)11-21(31,22(24,25)26)10-14-8-12-6-7-13(19(29)30)9-17(12)27-14/h3-9,27-28,31H,10-11H2,1-2H3,(H,29,30)/t21-/m1/s1. The van der Waals surface area contributed by atoms with Gasteiger partial charge >= 0.3 is 12.1 Å². The molecule has 0 spiro atoms. The lowest BCUT2D eigenvalue weighted by Crippen LogP contribution is -2.50. The summed E-state index contributed by atoms with van der Waals surface area (Å²) in [6, 6.07) is 9.06.